The number of fused-ring (bicyclic) bond motifs is 4. The molecule has 1 saturated heterocycles. The Morgan fingerprint density at radius 1 is 1.32 bits per heavy atom. The third-order valence-corrected chi connectivity index (χ3v) is 7.29. The second kappa shape index (κ2) is 10.8. The van der Waals surface area contributed by atoms with Gasteiger partial charge in [0.15, 0.2) is 11.5 Å². The van der Waals surface area contributed by atoms with Gasteiger partial charge in [-0.05, 0) is 69.0 Å². The smallest absolute Gasteiger partial charge is 0.246 e. The van der Waals surface area contributed by atoms with Crippen LogP contribution >= 0.6 is 12.4 Å². The number of carbonyl (C=O) groups is 1. The second-order valence-electron chi connectivity index (χ2n) is 9.35. The van der Waals surface area contributed by atoms with Crippen LogP contribution in [-0.4, -0.2) is 69.4 Å². The van der Waals surface area contributed by atoms with Crippen LogP contribution in [0.2, 0.25) is 0 Å². The Bertz CT molecular complexity index is 1010. The molecule has 3 atom stereocenters. The maximum Gasteiger partial charge on any atom is 0.246 e. The summed E-state index contributed by atoms with van der Waals surface area (Å²) in [4.78, 5) is 16.5. The molecule has 0 saturated carbocycles. The van der Waals surface area contributed by atoms with Gasteiger partial charge in [0.2, 0.25) is 5.91 Å². The summed E-state index contributed by atoms with van der Waals surface area (Å²) in [5, 5.41) is 32.8. The van der Waals surface area contributed by atoms with E-state index in [-0.39, 0.29) is 41.8 Å². The summed E-state index contributed by atoms with van der Waals surface area (Å²) in [6, 6.07) is 5.15. The molecule has 2 heterocycles. The number of furan rings is 1. The number of benzene rings is 1. The van der Waals surface area contributed by atoms with Gasteiger partial charge < -0.3 is 24.6 Å². The number of carbonyl (C=O) groups excluding carboxylic acids is 1. The van der Waals surface area contributed by atoms with Gasteiger partial charge in [-0.25, -0.2) is 0 Å². The molecule has 2 aromatic rings. The Labute approximate surface area is 207 Å². The summed E-state index contributed by atoms with van der Waals surface area (Å²) >= 11 is 0. The molecule has 0 radical (unpaired) electrons. The number of phenolic OH excluding ortho intramolecular Hbond substituents is 2. The van der Waals surface area contributed by atoms with Crippen molar-refractivity contribution in [1.29, 1.82) is 0 Å². The largest absolute Gasteiger partial charge is 0.504 e. The molecule has 2 bridgehead atoms. The Morgan fingerprint density at radius 3 is 2.82 bits per heavy atom. The first-order chi connectivity index (χ1) is 15.8. The highest BCUT2D eigenvalue weighted by Gasteiger charge is 2.53. The van der Waals surface area contributed by atoms with Crippen molar-refractivity contribution in [1.82, 2.24) is 9.80 Å². The Morgan fingerprint density at radius 2 is 2.12 bits per heavy atom. The molecule has 3 N–H and O–H groups in total. The van der Waals surface area contributed by atoms with E-state index in [1.807, 2.05) is 6.07 Å². The maximum atomic E-state index is 12.5. The molecular formula is C26H35ClN2O5. The Kier molecular flexibility index (Phi) is 8.34. The summed E-state index contributed by atoms with van der Waals surface area (Å²) in [6.07, 6.45) is 9.90. The third kappa shape index (κ3) is 4.97. The van der Waals surface area contributed by atoms with Crippen LogP contribution in [0.5, 0.6) is 11.5 Å². The number of aromatic hydroxyl groups is 2. The van der Waals surface area contributed by atoms with Crippen molar-refractivity contribution in [3.05, 3.63) is 53.5 Å². The van der Waals surface area contributed by atoms with E-state index < -0.39 is 5.60 Å². The number of hydrogen-bond acceptors (Lipinski definition) is 6. The monoisotopic (exact) mass is 490 g/mol. The molecule has 8 heteroatoms. The number of likely N-dealkylation sites (N-methyl/N-ethyl adjacent to an activating group) is 1. The molecule has 7 nitrogen and oxygen atoms in total. The average molecular weight is 491 g/mol. The molecule has 1 aliphatic heterocycles. The van der Waals surface area contributed by atoms with E-state index >= 15 is 0 Å². The lowest BCUT2D eigenvalue weighted by Crippen LogP contribution is -2.63. The molecule has 4 rings (SSSR count). The van der Waals surface area contributed by atoms with Gasteiger partial charge in [-0.1, -0.05) is 13.0 Å². The summed E-state index contributed by atoms with van der Waals surface area (Å²) in [5.74, 6) is -0.587. The fourth-order valence-corrected chi connectivity index (χ4v) is 5.63. The molecule has 1 aromatic carbocycles. The van der Waals surface area contributed by atoms with Crippen molar-refractivity contribution >= 4 is 24.4 Å². The zero-order valence-electron chi connectivity index (χ0n) is 19.8. The number of hydrogen-bond donors (Lipinski definition) is 3. The van der Waals surface area contributed by atoms with E-state index in [2.05, 4.69) is 11.8 Å². The Hall–Kier alpha value is -2.48. The zero-order chi connectivity index (χ0) is 23.6. The number of amides is 1. The average Bonchev–Trinajstić information content (AvgIpc) is 3.30. The highest BCUT2D eigenvalue weighted by atomic mass is 35.5. The van der Waals surface area contributed by atoms with E-state index in [9.17, 15) is 20.1 Å². The van der Waals surface area contributed by atoms with Crippen LogP contribution < -0.4 is 0 Å². The number of phenols is 2. The van der Waals surface area contributed by atoms with E-state index in [1.165, 1.54) is 12.1 Å². The van der Waals surface area contributed by atoms with E-state index in [0.29, 0.717) is 31.4 Å². The minimum atomic E-state index is -1.03. The normalized spacial score (nSPS) is 24.0. The molecule has 1 aromatic heterocycles. The lowest BCUT2D eigenvalue weighted by Gasteiger charge is -2.55. The van der Waals surface area contributed by atoms with Crippen LogP contribution in [0.4, 0.5) is 0 Å². The van der Waals surface area contributed by atoms with E-state index in [0.717, 1.165) is 37.1 Å². The molecule has 1 fully saturated rings. The van der Waals surface area contributed by atoms with Crippen molar-refractivity contribution in [2.75, 3.05) is 26.7 Å². The summed E-state index contributed by atoms with van der Waals surface area (Å²) < 4.78 is 5.01. The van der Waals surface area contributed by atoms with Crippen LogP contribution in [-0.2, 0) is 11.2 Å². The molecule has 34 heavy (non-hydrogen) atoms. The van der Waals surface area contributed by atoms with Crippen LogP contribution in [0.25, 0.3) is 6.08 Å². The molecular weight excluding hydrogens is 456 g/mol. The molecule has 1 amide bonds. The first-order valence-electron chi connectivity index (χ1n) is 11.8. The number of likely N-dealkylation sites (tertiary alicyclic amines) is 1. The van der Waals surface area contributed by atoms with Gasteiger partial charge in [0, 0.05) is 42.8 Å². The summed E-state index contributed by atoms with van der Waals surface area (Å²) in [6.45, 7) is 4.43. The first kappa shape index (κ1) is 26.1. The van der Waals surface area contributed by atoms with E-state index in [4.69, 9.17) is 4.42 Å². The van der Waals surface area contributed by atoms with Gasteiger partial charge in [-0.2, -0.15) is 0 Å². The van der Waals surface area contributed by atoms with Gasteiger partial charge in [0.25, 0.3) is 0 Å². The van der Waals surface area contributed by atoms with Crippen molar-refractivity contribution in [3.63, 3.8) is 0 Å². The summed E-state index contributed by atoms with van der Waals surface area (Å²) in [7, 11) is 1.76. The van der Waals surface area contributed by atoms with Gasteiger partial charge in [-0.15, -0.1) is 12.4 Å². The molecule has 2 aliphatic rings. The standard InChI is InChI=1S/C26H34N2O5.ClH/c1-3-12-28-14-9-20-24-19(6-7-21(29)25(24)31)16-22(28)26(20,32)11-4-13-27(2)23(30)8-5-18-10-15-33-17-18;/h5-8,10,15,17,20,22,29,31-32H,3-4,9,11-14,16H2,1-2H3;1H/b8-5+;/t20-,22+,26-;/m0./s1. The van der Waals surface area contributed by atoms with E-state index in [1.54, 1.807) is 36.6 Å². The second-order valence-corrected chi connectivity index (χ2v) is 9.35. The fourth-order valence-electron chi connectivity index (χ4n) is 5.63. The maximum absolute atomic E-state index is 12.5. The van der Waals surface area contributed by atoms with Crippen LogP contribution in [0.1, 0.15) is 55.2 Å². The van der Waals surface area contributed by atoms with Crippen LogP contribution in [0, 0.1) is 0 Å². The van der Waals surface area contributed by atoms with Crippen molar-refractivity contribution in [3.8, 4) is 11.5 Å². The van der Waals surface area contributed by atoms with Gasteiger partial charge in [-0.3, -0.25) is 9.69 Å². The third-order valence-electron chi connectivity index (χ3n) is 7.29. The van der Waals surface area contributed by atoms with Crippen LogP contribution in [0.3, 0.4) is 0 Å². The topological polar surface area (TPSA) is 97.4 Å². The highest BCUT2D eigenvalue weighted by molar-refractivity contribution is 5.91. The van der Waals surface area contributed by atoms with Crippen molar-refractivity contribution in [2.45, 2.75) is 56.6 Å². The number of halogens is 1. The van der Waals surface area contributed by atoms with Crippen LogP contribution in [0.15, 0.2) is 41.2 Å². The first-order valence-corrected chi connectivity index (χ1v) is 11.8. The SMILES string of the molecule is CCCN1CC[C@H]2c3c(ccc(O)c3O)C[C@@H]1[C@]2(O)CCCN(C)C(=O)/C=C/c1ccoc1.Cl. The number of aliphatic hydroxyl groups is 1. The van der Waals surface area contributed by atoms with Crippen molar-refractivity contribution < 1.29 is 24.5 Å². The molecule has 1 aliphatic carbocycles. The zero-order valence-corrected chi connectivity index (χ0v) is 20.6. The number of rotatable bonds is 8. The minimum Gasteiger partial charge on any atom is -0.504 e. The summed E-state index contributed by atoms with van der Waals surface area (Å²) in [5.41, 5.74) is 1.50. The molecule has 0 spiro atoms. The fraction of sp³-hybridized carbons (Fsp3) is 0.500. The Balaban J connectivity index is 0.00000324. The molecule has 0 unspecified atom stereocenters. The lowest BCUT2D eigenvalue weighted by atomic mass is 9.62. The van der Waals surface area contributed by atoms with Gasteiger partial charge in [0.1, 0.15) is 0 Å². The lowest BCUT2D eigenvalue weighted by molar-refractivity contribution is -0.126. The number of piperidine rings is 1. The highest BCUT2D eigenvalue weighted by Crippen LogP contribution is 2.53. The predicted octanol–water partition coefficient (Wildman–Crippen LogP) is 3.92. The van der Waals surface area contributed by atoms with Crippen molar-refractivity contribution in [2.24, 2.45) is 0 Å². The quantitative estimate of drug-likeness (QED) is 0.383. The van der Waals surface area contributed by atoms with Gasteiger partial charge in [0.05, 0.1) is 18.1 Å². The minimum absolute atomic E-state index is 0. The molecule has 186 valence electrons. The number of nitrogens with zero attached hydrogens (tertiary/aromatic N) is 2. The predicted molar refractivity (Wildman–Crippen MR) is 133 cm³/mol. The van der Waals surface area contributed by atoms with Gasteiger partial charge >= 0.3 is 0 Å².